The molecule has 1 heterocycles. The molecule has 9 heteroatoms. The number of hydrogen-bond acceptors (Lipinski definition) is 5. The third kappa shape index (κ3) is 6.41. The summed E-state index contributed by atoms with van der Waals surface area (Å²) in [5, 5.41) is 7.99. The van der Waals surface area contributed by atoms with Crippen LogP contribution in [0, 0.1) is 5.92 Å². The average molecular weight is 392 g/mol. The number of benzene rings is 1. The number of likely N-dealkylation sites (tertiary alicyclic amines) is 1. The lowest BCUT2D eigenvalue weighted by molar-refractivity contribution is -0.139. The van der Waals surface area contributed by atoms with Crippen molar-refractivity contribution in [1.29, 1.82) is 0 Å². The first-order valence-electron chi connectivity index (χ1n) is 9.29. The van der Waals surface area contributed by atoms with Crippen LogP contribution in [0.2, 0.25) is 0 Å². The van der Waals surface area contributed by atoms with E-state index in [1.807, 2.05) is 12.1 Å². The van der Waals surface area contributed by atoms with Crippen molar-refractivity contribution in [2.75, 3.05) is 52.3 Å². The van der Waals surface area contributed by atoms with Crippen LogP contribution in [-0.2, 0) is 14.3 Å². The number of amides is 4. The van der Waals surface area contributed by atoms with E-state index in [0.717, 1.165) is 12.8 Å². The lowest BCUT2D eigenvalue weighted by atomic mass is 9.97. The van der Waals surface area contributed by atoms with Gasteiger partial charge in [-0.2, -0.15) is 0 Å². The highest BCUT2D eigenvalue weighted by atomic mass is 16.5. The fourth-order valence-corrected chi connectivity index (χ4v) is 2.95. The van der Waals surface area contributed by atoms with Crippen LogP contribution >= 0.6 is 0 Å². The number of nitrogens with one attached hydrogen (secondary N) is 3. The molecule has 1 aliphatic rings. The van der Waals surface area contributed by atoms with E-state index in [4.69, 9.17) is 9.47 Å². The van der Waals surface area contributed by atoms with E-state index in [1.165, 1.54) is 7.11 Å². The smallest absolute Gasteiger partial charge is 0.321 e. The summed E-state index contributed by atoms with van der Waals surface area (Å²) in [6.45, 7) is 2.23. The van der Waals surface area contributed by atoms with Gasteiger partial charge in [0.05, 0.1) is 19.4 Å². The Hall–Kier alpha value is -2.81. The lowest BCUT2D eigenvalue weighted by Crippen LogP contribution is -2.46. The molecule has 1 saturated heterocycles. The Labute approximate surface area is 164 Å². The van der Waals surface area contributed by atoms with Crippen LogP contribution in [0.5, 0.6) is 5.75 Å². The van der Waals surface area contributed by atoms with E-state index in [-0.39, 0.29) is 11.9 Å². The maximum Gasteiger partial charge on any atom is 0.321 e. The highest BCUT2D eigenvalue weighted by molar-refractivity contribution is 6.35. The second kappa shape index (κ2) is 11.1. The molecule has 0 bridgehead atoms. The van der Waals surface area contributed by atoms with Crippen molar-refractivity contribution in [2.24, 2.45) is 5.92 Å². The first-order chi connectivity index (χ1) is 13.5. The predicted octanol–water partition coefficient (Wildman–Crippen LogP) is 0.818. The van der Waals surface area contributed by atoms with E-state index in [9.17, 15) is 14.4 Å². The molecule has 1 aromatic carbocycles. The Balaban J connectivity index is 1.71. The van der Waals surface area contributed by atoms with Gasteiger partial charge < -0.3 is 30.3 Å². The molecule has 0 spiro atoms. The Kier molecular flexibility index (Phi) is 8.54. The molecule has 0 atom stereocenters. The Morgan fingerprint density at radius 1 is 1.07 bits per heavy atom. The van der Waals surface area contributed by atoms with Crippen LogP contribution < -0.4 is 20.7 Å². The maximum atomic E-state index is 12.4. The van der Waals surface area contributed by atoms with Crippen LogP contribution in [0.4, 0.5) is 10.5 Å². The van der Waals surface area contributed by atoms with Gasteiger partial charge in [-0.05, 0) is 30.9 Å². The molecule has 3 N–H and O–H groups in total. The van der Waals surface area contributed by atoms with Crippen LogP contribution in [0.25, 0.3) is 0 Å². The topological polar surface area (TPSA) is 109 Å². The molecule has 9 nitrogen and oxygen atoms in total. The first kappa shape index (κ1) is 21.5. The zero-order chi connectivity index (χ0) is 20.4. The van der Waals surface area contributed by atoms with Crippen molar-refractivity contribution < 1.29 is 23.9 Å². The van der Waals surface area contributed by atoms with Crippen molar-refractivity contribution >= 4 is 23.5 Å². The molecule has 0 radical (unpaired) electrons. The average Bonchev–Trinajstić information content (AvgIpc) is 2.72. The molecular formula is C19H28N4O5. The van der Waals surface area contributed by atoms with E-state index < -0.39 is 11.8 Å². The van der Waals surface area contributed by atoms with Crippen molar-refractivity contribution in [1.82, 2.24) is 15.5 Å². The van der Waals surface area contributed by atoms with Gasteiger partial charge in [-0.3, -0.25) is 9.59 Å². The molecule has 28 heavy (non-hydrogen) atoms. The standard InChI is InChI=1S/C19H28N4O5/c1-27-12-9-20-17(24)18(25)21-13-14-7-10-23(11-8-14)19(26)22-15-5-3-4-6-16(15)28-2/h3-6,14H,7-13H2,1-2H3,(H,20,24)(H,21,25)(H,22,26). The van der Waals surface area contributed by atoms with E-state index in [0.29, 0.717) is 44.2 Å². The third-order valence-electron chi connectivity index (χ3n) is 4.60. The van der Waals surface area contributed by atoms with Crippen molar-refractivity contribution in [3.05, 3.63) is 24.3 Å². The van der Waals surface area contributed by atoms with E-state index in [1.54, 1.807) is 24.1 Å². The zero-order valence-electron chi connectivity index (χ0n) is 16.3. The summed E-state index contributed by atoms with van der Waals surface area (Å²) in [5.74, 6) is -0.471. The Morgan fingerprint density at radius 2 is 1.75 bits per heavy atom. The van der Waals surface area contributed by atoms with Crippen LogP contribution in [0.15, 0.2) is 24.3 Å². The molecule has 4 amide bonds. The molecular weight excluding hydrogens is 364 g/mol. The molecule has 1 aliphatic heterocycles. The second-order valence-electron chi connectivity index (χ2n) is 6.52. The van der Waals surface area contributed by atoms with Crippen LogP contribution in [-0.4, -0.2) is 69.8 Å². The fraction of sp³-hybridized carbons (Fsp3) is 0.526. The summed E-state index contributed by atoms with van der Waals surface area (Å²) >= 11 is 0. The Bertz CT molecular complexity index is 674. The zero-order valence-corrected chi connectivity index (χ0v) is 16.3. The number of anilines is 1. The molecule has 0 unspecified atom stereocenters. The van der Waals surface area contributed by atoms with Gasteiger partial charge in [0.2, 0.25) is 0 Å². The maximum absolute atomic E-state index is 12.4. The number of ether oxygens (including phenoxy) is 2. The van der Waals surface area contributed by atoms with E-state index in [2.05, 4.69) is 16.0 Å². The molecule has 1 fully saturated rings. The summed E-state index contributed by atoms with van der Waals surface area (Å²) in [4.78, 5) is 37.6. The first-order valence-corrected chi connectivity index (χ1v) is 9.29. The quantitative estimate of drug-likeness (QED) is 0.470. The summed E-state index contributed by atoms with van der Waals surface area (Å²) < 4.78 is 10.1. The van der Waals surface area contributed by atoms with Crippen LogP contribution in [0.3, 0.4) is 0 Å². The molecule has 0 aliphatic carbocycles. The van der Waals surface area contributed by atoms with Gasteiger partial charge in [0, 0.05) is 33.3 Å². The minimum absolute atomic E-state index is 0.176. The van der Waals surface area contributed by atoms with Gasteiger partial charge in [-0.1, -0.05) is 12.1 Å². The number of rotatable bonds is 7. The SMILES string of the molecule is COCCNC(=O)C(=O)NCC1CCN(C(=O)Nc2ccccc2OC)CC1. The molecule has 1 aromatic rings. The lowest BCUT2D eigenvalue weighted by Gasteiger charge is -2.32. The summed E-state index contributed by atoms with van der Waals surface area (Å²) in [6.07, 6.45) is 1.51. The number of para-hydroxylation sites is 2. The number of carbonyl (C=O) groups excluding carboxylic acids is 3. The van der Waals surface area contributed by atoms with Gasteiger partial charge in [-0.15, -0.1) is 0 Å². The monoisotopic (exact) mass is 392 g/mol. The van der Waals surface area contributed by atoms with Gasteiger partial charge in [-0.25, -0.2) is 4.79 Å². The van der Waals surface area contributed by atoms with Crippen LogP contribution in [0.1, 0.15) is 12.8 Å². The Morgan fingerprint density at radius 3 is 2.43 bits per heavy atom. The third-order valence-corrected chi connectivity index (χ3v) is 4.60. The predicted molar refractivity (Wildman–Crippen MR) is 104 cm³/mol. The van der Waals surface area contributed by atoms with Crippen molar-refractivity contribution in [3.8, 4) is 5.75 Å². The van der Waals surface area contributed by atoms with Crippen molar-refractivity contribution in [2.45, 2.75) is 12.8 Å². The highest BCUT2D eigenvalue weighted by Gasteiger charge is 2.24. The fourth-order valence-electron chi connectivity index (χ4n) is 2.95. The summed E-state index contributed by atoms with van der Waals surface area (Å²) in [6, 6.07) is 7.07. The van der Waals surface area contributed by atoms with Crippen molar-refractivity contribution in [3.63, 3.8) is 0 Å². The van der Waals surface area contributed by atoms with Gasteiger partial charge in [0.25, 0.3) is 0 Å². The number of hydrogen-bond donors (Lipinski definition) is 3. The summed E-state index contributed by atoms with van der Waals surface area (Å²) in [7, 11) is 3.08. The molecule has 0 aromatic heterocycles. The number of urea groups is 1. The highest BCUT2D eigenvalue weighted by Crippen LogP contribution is 2.24. The largest absolute Gasteiger partial charge is 0.495 e. The van der Waals surface area contributed by atoms with Gasteiger partial charge >= 0.3 is 17.8 Å². The van der Waals surface area contributed by atoms with Gasteiger partial charge in [0.1, 0.15) is 5.75 Å². The second-order valence-corrected chi connectivity index (χ2v) is 6.52. The van der Waals surface area contributed by atoms with E-state index >= 15 is 0 Å². The molecule has 0 saturated carbocycles. The number of carbonyl (C=O) groups is 3. The summed E-state index contributed by atoms with van der Waals surface area (Å²) in [5.41, 5.74) is 0.629. The minimum atomic E-state index is -0.661. The number of methoxy groups -OCH3 is 2. The molecule has 154 valence electrons. The van der Waals surface area contributed by atoms with Gasteiger partial charge in [0.15, 0.2) is 0 Å². The number of piperidine rings is 1. The minimum Gasteiger partial charge on any atom is -0.495 e. The normalized spacial score (nSPS) is 14.3. The molecule has 2 rings (SSSR count). The number of nitrogens with zero attached hydrogens (tertiary/aromatic N) is 1.